The van der Waals surface area contributed by atoms with E-state index in [2.05, 4.69) is 4.74 Å². The Hall–Kier alpha value is -2.07. The van der Waals surface area contributed by atoms with Gasteiger partial charge in [-0.2, -0.15) is 65.9 Å². The maximum Gasteiger partial charge on any atom is 0.460 e. The van der Waals surface area contributed by atoms with Gasteiger partial charge in [-0.15, -0.1) is 0 Å². The third kappa shape index (κ3) is 4.48. The number of ether oxygens (including phenoxy) is 2. The van der Waals surface area contributed by atoms with Crippen LogP contribution in [-0.4, -0.2) is 55.9 Å². The fraction of sp³-hybridized carbons (Fsp3) is 0.667. The predicted molar refractivity (Wildman–Crippen MR) is 87.7 cm³/mol. The molecule has 0 fully saturated rings. The molecule has 0 saturated carbocycles. The molecule has 0 saturated heterocycles. The molecule has 0 heterocycles. The highest BCUT2D eigenvalue weighted by atomic mass is 19.4. The van der Waals surface area contributed by atoms with Gasteiger partial charge >= 0.3 is 41.7 Å². The molecule has 0 spiro atoms. The first-order chi connectivity index (χ1) is 15.3. The molecule has 1 unspecified atom stereocenters. The Morgan fingerprint density at radius 2 is 1.00 bits per heavy atom. The molecule has 204 valence electrons. The van der Waals surface area contributed by atoms with E-state index in [1.807, 2.05) is 0 Å². The number of methoxy groups -OCH3 is 2. The average molecular weight is 548 g/mol. The molecule has 0 aliphatic carbocycles. The number of rotatable bonds is 10. The maximum atomic E-state index is 14.4. The summed E-state index contributed by atoms with van der Waals surface area (Å²) in [5.41, 5.74) is -3.34. The van der Waals surface area contributed by atoms with E-state index >= 15 is 0 Å². The second-order valence-corrected chi connectivity index (χ2v) is 7.39. The van der Waals surface area contributed by atoms with Gasteiger partial charge in [0.05, 0.1) is 19.1 Å². The van der Waals surface area contributed by atoms with Gasteiger partial charge in [0.15, 0.2) is 0 Å². The average Bonchev–Trinajstić information content (AvgIpc) is 2.71. The maximum absolute atomic E-state index is 14.4. The molecule has 0 aromatic heterocycles. The highest BCUT2D eigenvalue weighted by Gasteiger charge is 2.93. The van der Waals surface area contributed by atoms with E-state index in [1.165, 1.54) is 6.07 Å². The summed E-state index contributed by atoms with van der Waals surface area (Å²) >= 11 is 0. The molecular weight excluding hydrogens is 533 g/mol. The second kappa shape index (κ2) is 8.80. The van der Waals surface area contributed by atoms with Crippen LogP contribution in [0.1, 0.15) is 18.9 Å². The van der Waals surface area contributed by atoms with Crippen molar-refractivity contribution in [3.8, 4) is 5.75 Å². The van der Waals surface area contributed by atoms with Crippen LogP contribution in [-0.2, 0) is 10.3 Å². The van der Waals surface area contributed by atoms with Crippen molar-refractivity contribution in [2.75, 3.05) is 14.2 Å². The quantitative estimate of drug-likeness (QED) is 0.286. The smallest absolute Gasteiger partial charge is 0.460 e. The van der Waals surface area contributed by atoms with Crippen LogP contribution in [0, 0.1) is 0 Å². The fourth-order valence-corrected chi connectivity index (χ4v) is 2.89. The van der Waals surface area contributed by atoms with Crippen molar-refractivity contribution in [1.82, 2.24) is 0 Å². The minimum absolute atomic E-state index is 0.371. The molecule has 0 bridgehead atoms. The fourth-order valence-electron chi connectivity index (χ4n) is 2.89. The first-order valence-electron chi connectivity index (χ1n) is 8.84. The van der Waals surface area contributed by atoms with Crippen LogP contribution >= 0.6 is 0 Å². The van der Waals surface area contributed by atoms with Gasteiger partial charge < -0.3 is 9.47 Å². The molecule has 0 N–H and O–H groups in total. The summed E-state index contributed by atoms with van der Waals surface area (Å²) in [5.74, 6) is -47.2. The van der Waals surface area contributed by atoms with Crippen molar-refractivity contribution in [2.45, 2.75) is 60.7 Å². The number of hydrogen-bond acceptors (Lipinski definition) is 2. The van der Waals surface area contributed by atoms with Crippen LogP contribution in [0.25, 0.3) is 0 Å². The lowest BCUT2D eigenvalue weighted by Gasteiger charge is -2.43. The summed E-state index contributed by atoms with van der Waals surface area (Å²) in [6.07, 6.45) is -10.3. The SMILES string of the molecule is COc1ccccc1C(C)(CC(F)(F)C(F)(F)C(F)(F)C(F)(F)C(F)(F)C(F)(F)C(F)(F)F)OC. The first-order valence-corrected chi connectivity index (χ1v) is 8.84. The topological polar surface area (TPSA) is 18.5 Å². The minimum atomic E-state index is -8.33. The van der Waals surface area contributed by atoms with Gasteiger partial charge in [0.25, 0.3) is 0 Å². The van der Waals surface area contributed by atoms with Gasteiger partial charge in [0.2, 0.25) is 0 Å². The van der Waals surface area contributed by atoms with Crippen molar-refractivity contribution in [2.24, 2.45) is 0 Å². The summed E-state index contributed by atoms with van der Waals surface area (Å²) in [5, 5.41) is 0. The summed E-state index contributed by atoms with van der Waals surface area (Å²) < 4.78 is 210. The van der Waals surface area contributed by atoms with Crippen LogP contribution in [0.3, 0.4) is 0 Å². The molecule has 1 rings (SSSR count). The van der Waals surface area contributed by atoms with Crippen molar-refractivity contribution in [3.63, 3.8) is 0 Å². The van der Waals surface area contributed by atoms with E-state index in [0.717, 1.165) is 25.3 Å². The zero-order chi connectivity index (χ0) is 28.1. The Morgan fingerprint density at radius 3 is 1.40 bits per heavy atom. The monoisotopic (exact) mass is 548 g/mol. The van der Waals surface area contributed by atoms with E-state index in [1.54, 1.807) is 0 Å². The first kappa shape index (κ1) is 31.0. The summed E-state index contributed by atoms with van der Waals surface area (Å²) in [4.78, 5) is 0. The molecule has 35 heavy (non-hydrogen) atoms. The Balaban J connectivity index is 3.64. The van der Waals surface area contributed by atoms with E-state index in [9.17, 15) is 65.9 Å². The Morgan fingerprint density at radius 1 is 0.600 bits per heavy atom. The Kier molecular flexibility index (Phi) is 7.78. The lowest BCUT2D eigenvalue weighted by Crippen LogP contribution is -2.72. The lowest BCUT2D eigenvalue weighted by atomic mass is 9.83. The second-order valence-electron chi connectivity index (χ2n) is 7.39. The molecule has 0 radical (unpaired) electrons. The van der Waals surface area contributed by atoms with Crippen molar-refractivity contribution < 1.29 is 75.3 Å². The highest BCUT2D eigenvalue weighted by Crippen LogP contribution is 2.63. The van der Waals surface area contributed by atoms with Crippen LogP contribution < -0.4 is 4.74 Å². The lowest BCUT2D eigenvalue weighted by molar-refractivity contribution is -0.453. The molecule has 17 heteroatoms. The van der Waals surface area contributed by atoms with Crippen LogP contribution in [0.15, 0.2) is 24.3 Å². The Labute approximate surface area is 187 Å². The van der Waals surface area contributed by atoms with Crippen molar-refractivity contribution in [1.29, 1.82) is 0 Å². The number of benzene rings is 1. The van der Waals surface area contributed by atoms with Crippen molar-refractivity contribution >= 4 is 0 Å². The normalized spacial score (nSPS) is 16.7. The standard InChI is InChI=1S/C18H15F15O2/c1-11(35-3,9-6-4-5-7-10(9)34-2)8-12(19,20)13(21,22)14(23,24)15(25,26)16(27,28)17(29,30)18(31,32)33/h4-7H,8H2,1-3H3. The molecule has 1 aromatic carbocycles. The molecule has 1 aromatic rings. The van der Waals surface area contributed by atoms with Gasteiger partial charge in [-0.1, -0.05) is 18.2 Å². The largest absolute Gasteiger partial charge is 0.496 e. The van der Waals surface area contributed by atoms with Gasteiger partial charge in [-0.05, 0) is 13.0 Å². The number of halogens is 15. The van der Waals surface area contributed by atoms with Crippen molar-refractivity contribution in [3.05, 3.63) is 29.8 Å². The van der Waals surface area contributed by atoms with Gasteiger partial charge in [-0.25, -0.2) is 0 Å². The molecule has 2 nitrogen and oxygen atoms in total. The highest BCUT2D eigenvalue weighted by molar-refractivity contribution is 5.38. The number of alkyl halides is 15. The molecule has 0 aliphatic rings. The van der Waals surface area contributed by atoms with Gasteiger partial charge in [0, 0.05) is 12.7 Å². The molecular formula is C18H15F15O2. The van der Waals surface area contributed by atoms with E-state index in [4.69, 9.17) is 4.74 Å². The number of para-hydroxylation sites is 1. The van der Waals surface area contributed by atoms with Gasteiger partial charge in [-0.3, -0.25) is 0 Å². The summed E-state index contributed by atoms with van der Waals surface area (Å²) in [6, 6.07) is 4.25. The molecule has 0 amide bonds. The molecule has 1 atom stereocenters. The molecule has 0 aliphatic heterocycles. The zero-order valence-corrected chi connectivity index (χ0v) is 17.5. The number of hydrogen-bond donors (Lipinski definition) is 0. The van der Waals surface area contributed by atoms with E-state index in [0.29, 0.717) is 14.0 Å². The third-order valence-electron chi connectivity index (χ3n) is 5.08. The van der Waals surface area contributed by atoms with Gasteiger partial charge in [0.1, 0.15) is 5.75 Å². The van der Waals surface area contributed by atoms with E-state index in [-0.39, 0.29) is 5.75 Å². The van der Waals surface area contributed by atoms with Crippen LogP contribution in [0.2, 0.25) is 0 Å². The third-order valence-corrected chi connectivity index (χ3v) is 5.08. The summed E-state index contributed by atoms with van der Waals surface area (Å²) in [7, 11) is 1.52. The van der Waals surface area contributed by atoms with Crippen LogP contribution in [0.5, 0.6) is 5.75 Å². The summed E-state index contributed by atoms with van der Waals surface area (Å²) in [6.45, 7) is 0.553. The van der Waals surface area contributed by atoms with Crippen LogP contribution in [0.4, 0.5) is 65.9 Å². The zero-order valence-electron chi connectivity index (χ0n) is 17.5. The predicted octanol–water partition coefficient (Wildman–Crippen LogP) is 7.32. The Bertz CT molecular complexity index is 894. The minimum Gasteiger partial charge on any atom is -0.496 e. The van der Waals surface area contributed by atoms with E-state index < -0.39 is 59.3 Å².